The van der Waals surface area contributed by atoms with Crippen LogP contribution in [0.4, 0.5) is 0 Å². The van der Waals surface area contributed by atoms with Gasteiger partial charge < -0.3 is 4.90 Å². The first-order chi connectivity index (χ1) is 10.6. The second-order valence-electron chi connectivity index (χ2n) is 5.60. The van der Waals surface area contributed by atoms with Crippen molar-refractivity contribution in [1.82, 2.24) is 19.6 Å². The number of carbonyl (C=O) groups is 1. The maximum Gasteiger partial charge on any atom is 0.240 e. The van der Waals surface area contributed by atoms with Gasteiger partial charge in [0.2, 0.25) is 5.91 Å². The Morgan fingerprint density at radius 3 is 2.86 bits per heavy atom. The Bertz CT molecular complexity index is 643. The van der Waals surface area contributed by atoms with Gasteiger partial charge in [0.1, 0.15) is 0 Å². The minimum atomic E-state index is -0.000770. The average Bonchev–Trinajstić information content (AvgIpc) is 3.16. The summed E-state index contributed by atoms with van der Waals surface area (Å²) in [6.45, 7) is 0.584. The third-order valence-corrected chi connectivity index (χ3v) is 4.98. The highest BCUT2D eigenvalue weighted by Crippen LogP contribution is 2.20. The highest BCUT2D eigenvalue weighted by Gasteiger charge is 2.30. The van der Waals surface area contributed by atoms with Crippen molar-refractivity contribution in [1.29, 1.82) is 0 Å². The lowest BCUT2D eigenvalue weighted by Crippen LogP contribution is -2.43. The van der Waals surface area contributed by atoms with E-state index in [0.29, 0.717) is 6.54 Å². The van der Waals surface area contributed by atoms with Gasteiger partial charge in [0.15, 0.2) is 0 Å². The Balaban J connectivity index is 1.66. The molecule has 0 radical (unpaired) electrons. The molecule has 0 saturated carbocycles. The molecule has 5 nitrogen and oxygen atoms in total. The fourth-order valence-corrected chi connectivity index (χ4v) is 3.75. The molecule has 22 heavy (non-hydrogen) atoms. The van der Waals surface area contributed by atoms with Crippen molar-refractivity contribution < 1.29 is 4.79 Å². The first-order valence-corrected chi connectivity index (χ1v) is 8.42. The summed E-state index contributed by atoms with van der Waals surface area (Å²) in [5.74, 6) is 1.99. The van der Waals surface area contributed by atoms with E-state index in [1.165, 1.54) is 0 Å². The van der Waals surface area contributed by atoms with Crippen LogP contribution < -0.4 is 0 Å². The van der Waals surface area contributed by atoms with Crippen LogP contribution in [0.25, 0.3) is 5.69 Å². The zero-order valence-corrected chi connectivity index (χ0v) is 13.7. The number of thioether (sulfide) groups is 1. The van der Waals surface area contributed by atoms with Crippen LogP contribution in [0, 0.1) is 0 Å². The molecule has 1 fully saturated rings. The zero-order valence-electron chi connectivity index (χ0n) is 12.8. The Hall–Kier alpha value is -1.79. The third-order valence-electron chi connectivity index (χ3n) is 3.84. The molecule has 2 heterocycles. The van der Waals surface area contributed by atoms with Crippen LogP contribution >= 0.6 is 11.8 Å². The lowest BCUT2D eigenvalue weighted by Gasteiger charge is -2.24. The van der Waals surface area contributed by atoms with Gasteiger partial charge in [-0.25, -0.2) is 4.68 Å². The van der Waals surface area contributed by atoms with Crippen molar-refractivity contribution in [3.05, 3.63) is 48.3 Å². The second-order valence-corrected chi connectivity index (χ2v) is 6.60. The third kappa shape index (κ3) is 3.18. The summed E-state index contributed by atoms with van der Waals surface area (Å²) in [5, 5.41) is 4.38. The van der Waals surface area contributed by atoms with Gasteiger partial charge in [-0.15, -0.1) is 11.8 Å². The number of hydrogen-bond donors (Lipinski definition) is 0. The molecule has 1 amide bonds. The van der Waals surface area contributed by atoms with Crippen LogP contribution in [-0.4, -0.2) is 57.3 Å². The molecule has 116 valence electrons. The predicted octanol–water partition coefficient (Wildman–Crippen LogP) is 1.84. The van der Waals surface area contributed by atoms with Gasteiger partial charge in [-0.1, -0.05) is 18.2 Å². The van der Waals surface area contributed by atoms with Crippen LogP contribution in [0.2, 0.25) is 0 Å². The summed E-state index contributed by atoms with van der Waals surface area (Å²) in [6.07, 6.45) is 3.80. The lowest BCUT2D eigenvalue weighted by atomic mass is 10.2. The highest BCUT2D eigenvalue weighted by molar-refractivity contribution is 7.99. The van der Waals surface area contributed by atoms with E-state index in [9.17, 15) is 4.79 Å². The molecule has 1 atom stereocenters. The summed E-state index contributed by atoms with van der Waals surface area (Å²) in [5.41, 5.74) is 2.06. The zero-order chi connectivity index (χ0) is 15.5. The number of likely N-dealkylation sites (N-methyl/N-ethyl adjacent to an activating group) is 2. The number of rotatable bonds is 4. The number of nitrogens with zero attached hydrogens (tertiary/aromatic N) is 4. The van der Waals surface area contributed by atoms with E-state index in [-0.39, 0.29) is 11.9 Å². The molecule has 3 rings (SSSR count). The molecule has 1 aromatic carbocycles. The quantitative estimate of drug-likeness (QED) is 0.863. The lowest BCUT2D eigenvalue weighted by molar-refractivity contribution is -0.134. The molecule has 1 saturated heterocycles. The molecule has 6 heteroatoms. The fourth-order valence-electron chi connectivity index (χ4n) is 2.56. The van der Waals surface area contributed by atoms with E-state index in [1.807, 2.05) is 61.5 Å². The number of carbonyl (C=O) groups excluding carboxylic acids is 1. The van der Waals surface area contributed by atoms with Crippen molar-refractivity contribution in [2.75, 3.05) is 25.7 Å². The van der Waals surface area contributed by atoms with Crippen LogP contribution in [0.3, 0.4) is 0 Å². The van der Waals surface area contributed by atoms with E-state index < -0.39 is 0 Å². The van der Waals surface area contributed by atoms with Gasteiger partial charge in [-0.05, 0) is 19.2 Å². The van der Waals surface area contributed by atoms with Crippen molar-refractivity contribution in [2.24, 2.45) is 0 Å². The van der Waals surface area contributed by atoms with Crippen molar-refractivity contribution in [3.63, 3.8) is 0 Å². The standard InChI is InChI=1S/C16H20N4OS/c1-18(16(21)15-11-22-12-19(15)2)9-13-8-17-20(10-13)14-6-4-3-5-7-14/h3-8,10,15H,9,11-12H2,1-2H3/t15-/m0/s1. The van der Waals surface area contributed by atoms with Crippen LogP contribution in [0.5, 0.6) is 0 Å². The van der Waals surface area contributed by atoms with Gasteiger partial charge in [0, 0.05) is 37.0 Å². The summed E-state index contributed by atoms with van der Waals surface area (Å²) in [4.78, 5) is 16.4. The van der Waals surface area contributed by atoms with Gasteiger partial charge in [-0.2, -0.15) is 5.10 Å². The Labute approximate surface area is 134 Å². The minimum absolute atomic E-state index is 0.000770. The van der Waals surface area contributed by atoms with Gasteiger partial charge in [0.25, 0.3) is 0 Å². The van der Waals surface area contributed by atoms with E-state index in [1.54, 1.807) is 16.7 Å². The van der Waals surface area contributed by atoms with E-state index in [2.05, 4.69) is 10.00 Å². The van der Waals surface area contributed by atoms with Crippen molar-refractivity contribution in [2.45, 2.75) is 12.6 Å². The molecule has 0 N–H and O–H groups in total. The number of amides is 1. The van der Waals surface area contributed by atoms with Crippen molar-refractivity contribution >= 4 is 17.7 Å². The van der Waals surface area contributed by atoms with Gasteiger partial charge in [-0.3, -0.25) is 9.69 Å². The molecule has 0 spiro atoms. The average molecular weight is 316 g/mol. The predicted molar refractivity (Wildman–Crippen MR) is 88.9 cm³/mol. The first kappa shape index (κ1) is 15.1. The SMILES string of the molecule is CN(Cc1cnn(-c2ccccc2)c1)C(=O)[C@@H]1CSCN1C. The second kappa shape index (κ2) is 6.54. The molecule has 0 unspecified atom stereocenters. The molecular formula is C16H20N4OS. The topological polar surface area (TPSA) is 41.4 Å². The van der Waals surface area contributed by atoms with Crippen LogP contribution in [-0.2, 0) is 11.3 Å². The van der Waals surface area contributed by atoms with E-state index in [0.717, 1.165) is 22.9 Å². The number of para-hydroxylation sites is 1. The largest absolute Gasteiger partial charge is 0.340 e. The van der Waals surface area contributed by atoms with Crippen LogP contribution in [0.1, 0.15) is 5.56 Å². The monoisotopic (exact) mass is 316 g/mol. The Kier molecular flexibility index (Phi) is 4.49. The molecule has 0 bridgehead atoms. The summed E-state index contributed by atoms with van der Waals surface area (Å²) >= 11 is 1.81. The smallest absolute Gasteiger partial charge is 0.240 e. The van der Waals surface area contributed by atoms with Gasteiger partial charge >= 0.3 is 0 Å². The van der Waals surface area contributed by atoms with Gasteiger partial charge in [0.05, 0.1) is 17.9 Å². The summed E-state index contributed by atoms with van der Waals surface area (Å²) < 4.78 is 1.84. The maximum absolute atomic E-state index is 12.5. The molecule has 0 aliphatic carbocycles. The molecule has 1 aliphatic rings. The Morgan fingerprint density at radius 1 is 1.41 bits per heavy atom. The molecule has 1 aromatic heterocycles. The molecular weight excluding hydrogens is 296 g/mol. The summed E-state index contributed by atoms with van der Waals surface area (Å²) in [7, 11) is 3.86. The van der Waals surface area contributed by atoms with Crippen LogP contribution in [0.15, 0.2) is 42.7 Å². The number of benzene rings is 1. The van der Waals surface area contributed by atoms with E-state index >= 15 is 0 Å². The molecule has 2 aromatic rings. The van der Waals surface area contributed by atoms with E-state index in [4.69, 9.17) is 0 Å². The number of hydrogen-bond acceptors (Lipinski definition) is 4. The first-order valence-electron chi connectivity index (χ1n) is 7.27. The fraction of sp³-hybridized carbons (Fsp3) is 0.375. The Morgan fingerprint density at radius 2 is 2.18 bits per heavy atom. The minimum Gasteiger partial charge on any atom is -0.340 e. The maximum atomic E-state index is 12.5. The number of aromatic nitrogens is 2. The summed E-state index contributed by atoms with van der Waals surface area (Å²) in [6, 6.07) is 9.97. The highest BCUT2D eigenvalue weighted by atomic mass is 32.2. The normalized spacial score (nSPS) is 18.5. The molecule has 1 aliphatic heterocycles. The van der Waals surface area contributed by atoms with Crippen molar-refractivity contribution in [3.8, 4) is 5.69 Å².